The highest BCUT2D eigenvalue weighted by molar-refractivity contribution is 9.10. The lowest BCUT2D eigenvalue weighted by molar-refractivity contribution is -0.124. The first-order valence-corrected chi connectivity index (χ1v) is 9.01. The number of nitrogens with zero attached hydrogens (tertiary/aromatic N) is 1. The summed E-state index contributed by atoms with van der Waals surface area (Å²) in [5.74, 6) is -0.391. The molecule has 0 aliphatic rings. The van der Waals surface area contributed by atoms with E-state index in [0.717, 1.165) is 0 Å². The van der Waals surface area contributed by atoms with Crippen LogP contribution >= 0.6 is 15.9 Å². The minimum Gasteiger partial charge on any atom is -0.493 e. The van der Waals surface area contributed by atoms with Gasteiger partial charge in [0.2, 0.25) is 11.8 Å². The van der Waals surface area contributed by atoms with Crippen LogP contribution < -0.4 is 20.2 Å². The van der Waals surface area contributed by atoms with E-state index in [1.807, 2.05) is 0 Å². The second-order valence-corrected chi connectivity index (χ2v) is 6.41. The number of hydrogen-bond acceptors (Lipinski definition) is 5. The van der Waals surface area contributed by atoms with Gasteiger partial charge in [-0.2, -0.15) is 5.10 Å². The van der Waals surface area contributed by atoms with Gasteiger partial charge < -0.3 is 14.8 Å². The van der Waals surface area contributed by atoms with E-state index in [1.165, 1.54) is 38.6 Å². The Morgan fingerprint density at radius 3 is 2.54 bits per heavy atom. The molecular weight excluding hydrogens is 433 g/mol. The number of hydrogen-bond donors (Lipinski definition) is 2. The maximum Gasteiger partial charge on any atom is 0.240 e. The quantitative estimate of drug-likeness (QED) is 0.474. The highest BCUT2D eigenvalue weighted by atomic mass is 79.9. The number of carbonyl (C=O) groups is 2. The molecule has 0 aliphatic heterocycles. The van der Waals surface area contributed by atoms with Gasteiger partial charge in [0.05, 0.1) is 30.6 Å². The summed E-state index contributed by atoms with van der Waals surface area (Å²) >= 11 is 3.37. The first kappa shape index (κ1) is 21.4. The van der Waals surface area contributed by atoms with Crippen molar-refractivity contribution in [2.45, 2.75) is 12.8 Å². The first-order chi connectivity index (χ1) is 13.4. The summed E-state index contributed by atoms with van der Waals surface area (Å²) in [7, 11) is 3.04. The van der Waals surface area contributed by atoms with Crippen LogP contribution in [0.4, 0.5) is 10.1 Å². The molecule has 9 heteroatoms. The SMILES string of the molecule is COc1cc(C=NNC(=O)CCC(=O)Nc2ccccc2F)cc(Br)c1OC. The molecule has 0 bridgehead atoms. The van der Waals surface area contributed by atoms with E-state index in [4.69, 9.17) is 9.47 Å². The summed E-state index contributed by atoms with van der Waals surface area (Å²) < 4.78 is 24.6. The number of halogens is 2. The third kappa shape index (κ3) is 6.05. The minimum absolute atomic E-state index is 0.0740. The lowest BCUT2D eigenvalue weighted by Gasteiger charge is -2.10. The van der Waals surface area contributed by atoms with E-state index in [-0.39, 0.29) is 18.5 Å². The Labute approximate surface area is 170 Å². The zero-order valence-corrected chi connectivity index (χ0v) is 16.9. The van der Waals surface area contributed by atoms with E-state index in [2.05, 4.69) is 31.8 Å². The van der Waals surface area contributed by atoms with E-state index in [1.54, 1.807) is 18.2 Å². The zero-order chi connectivity index (χ0) is 20.5. The molecule has 0 heterocycles. The van der Waals surface area contributed by atoms with Gasteiger partial charge in [-0.1, -0.05) is 12.1 Å². The fourth-order valence-electron chi connectivity index (χ4n) is 2.25. The molecule has 7 nitrogen and oxygen atoms in total. The normalized spacial score (nSPS) is 10.6. The van der Waals surface area contributed by atoms with Crippen molar-refractivity contribution in [2.24, 2.45) is 5.10 Å². The highest BCUT2D eigenvalue weighted by Gasteiger charge is 2.11. The number of methoxy groups -OCH3 is 2. The fraction of sp³-hybridized carbons (Fsp3) is 0.211. The summed E-state index contributed by atoms with van der Waals surface area (Å²) in [6.07, 6.45) is 1.24. The molecule has 2 aromatic rings. The largest absolute Gasteiger partial charge is 0.493 e. The van der Waals surface area contributed by atoms with Crippen molar-refractivity contribution < 1.29 is 23.5 Å². The number of amides is 2. The molecular formula is C19H19BrFN3O4. The van der Waals surface area contributed by atoms with Gasteiger partial charge in [-0.15, -0.1) is 0 Å². The molecule has 0 saturated heterocycles. The fourth-order valence-corrected chi connectivity index (χ4v) is 2.87. The standard InChI is InChI=1S/C19H19BrFN3O4/c1-27-16-10-12(9-13(20)19(16)28-2)11-22-24-18(26)8-7-17(25)23-15-6-4-3-5-14(15)21/h3-6,9-11H,7-8H2,1-2H3,(H,23,25)(H,24,26). The Morgan fingerprint density at radius 1 is 1.14 bits per heavy atom. The number of benzene rings is 2. The molecule has 2 rings (SSSR count). The van der Waals surface area contributed by atoms with Crippen molar-refractivity contribution in [2.75, 3.05) is 19.5 Å². The number of hydrazone groups is 1. The van der Waals surface area contributed by atoms with Crippen molar-refractivity contribution in [3.63, 3.8) is 0 Å². The van der Waals surface area contributed by atoms with Crippen LogP contribution in [0.1, 0.15) is 18.4 Å². The monoisotopic (exact) mass is 451 g/mol. The maximum absolute atomic E-state index is 13.5. The molecule has 28 heavy (non-hydrogen) atoms. The topological polar surface area (TPSA) is 89.0 Å². The minimum atomic E-state index is -0.536. The summed E-state index contributed by atoms with van der Waals surface area (Å²) in [5, 5.41) is 6.27. The smallest absolute Gasteiger partial charge is 0.240 e. The molecule has 0 fully saturated rings. The average Bonchev–Trinajstić information content (AvgIpc) is 2.67. The number of rotatable bonds is 8. The number of ether oxygens (including phenoxy) is 2. The van der Waals surface area contributed by atoms with Gasteiger partial charge in [0, 0.05) is 12.8 Å². The van der Waals surface area contributed by atoms with Crippen LogP contribution in [-0.2, 0) is 9.59 Å². The summed E-state index contributed by atoms with van der Waals surface area (Å²) in [4.78, 5) is 23.6. The Morgan fingerprint density at radius 2 is 1.86 bits per heavy atom. The van der Waals surface area contributed by atoms with Gasteiger partial charge >= 0.3 is 0 Å². The van der Waals surface area contributed by atoms with Crippen LogP contribution in [0, 0.1) is 5.82 Å². The third-order valence-corrected chi connectivity index (χ3v) is 4.17. The van der Waals surface area contributed by atoms with Crippen molar-refractivity contribution >= 4 is 39.6 Å². The molecule has 0 spiro atoms. The van der Waals surface area contributed by atoms with Gasteiger partial charge in [0.25, 0.3) is 0 Å². The summed E-state index contributed by atoms with van der Waals surface area (Å²) in [6.45, 7) is 0. The maximum atomic E-state index is 13.5. The van der Waals surface area contributed by atoms with Gasteiger partial charge in [0.1, 0.15) is 5.82 Å². The Balaban J connectivity index is 1.84. The van der Waals surface area contributed by atoms with Crippen LogP contribution in [0.3, 0.4) is 0 Å². The lowest BCUT2D eigenvalue weighted by atomic mass is 10.2. The van der Waals surface area contributed by atoms with Crippen LogP contribution in [0.5, 0.6) is 11.5 Å². The molecule has 0 radical (unpaired) electrons. The lowest BCUT2D eigenvalue weighted by Crippen LogP contribution is -2.21. The predicted molar refractivity (Wildman–Crippen MR) is 107 cm³/mol. The van der Waals surface area contributed by atoms with Crippen molar-refractivity contribution in [1.29, 1.82) is 0 Å². The van der Waals surface area contributed by atoms with Crippen LogP contribution in [0.25, 0.3) is 0 Å². The predicted octanol–water partition coefficient (Wildman–Crippen LogP) is 3.47. The zero-order valence-electron chi connectivity index (χ0n) is 15.3. The van der Waals surface area contributed by atoms with Gasteiger partial charge in [0.15, 0.2) is 11.5 Å². The molecule has 148 valence electrons. The van der Waals surface area contributed by atoms with E-state index in [9.17, 15) is 14.0 Å². The first-order valence-electron chi connectivity index (χ1n) is 8.22. The average molecular weight is 452 g/mol. The third-order valence-electron chi connectivity index (χ3n) is 3.59. The van der Waals surface area contributed by atoms with Crippen molar-refractivity contribution in [3.05, 3.63) is 52.3 Å². The van der Waals surface area contributed by atoms with E-state index < -0.39 is 17.6 Å². The van der Waals surface area contributed by atoms with Crippen LogP contribution in [0.2, 0.25) is 0 Å². The number of nitrogens with one attached hydrogen (secondary N) is 2. The van der Waals surface area contributed by atoms with Crippen LogP contribution in [0.15, 0.2) is 46.0 Å². The molecule has 0 atom stereocenters. The number of para-hydroxylation sites is 1. The van der Waals surface area contributed by atoms with Gasteiger partial charge in [-0.3, -0.25) is 9.59 Å². The second-order valence-electron chi connectivity index (χ2n) is 5.56. The highest BCUT2D eigenvalue weighted by Crippen LogP contribution is 2.35. The van der Waals surface area contributed by atoms with Crippen LogP contribution in [-0.4, -0.2) is 32.2 Å². The Hall–Kier alpha value is -2.94. The molecule has 0 aromatic heterocycles. The Kier molecular flexibility index (Phi) is 7.94. The molecule has 0 unspecified atom stereocenters. The molecule has 2 amide bonds. The number of carbonyl (C=O) groups excluding carboxylic acids is 2. The van der Waals surface area contributed by atoms with E-state index >= 15 is 0 Å². The molecule has 2 aromatic carbocycles. The molecule has 0 aliphatic carbocycles. The summed E-state index contributed by atoms with van der Waals surface area (Å²) in [6, 6.07) is 9.25. The Bertz CT molecular complexity index is 889. The van der Waals surface area contributed by atoms with Gasteiger partial charge in [-0.05, 0) is 45.8 Å². The summed E-state index contributed by atoms with van der Waals surface area (Å²) in [5.41, 5.74) is 3.08. The molecule has 2 N–H and O–H groups in total. The van der Waals surface area contributed by atoms with E-state index in [0.29, 0.717) is 21.5 Å². The number of anilines is 1. The van der Waals surface area contributed by atoms with Crippen molar-refractivity contribution in [1.82, 2.24) is 5.43 Å². The molecule has 0 saturated carbocycles. The van der Waals surface area contributed by atoms with Crippen molar-refractivity contribution in [3.8, 4) is 11.5 Å². The second kappa shape index (κ2) is 10.4. The van der Waals surface area contributed by atoms with Gasteiger partial charge in [-0.25, -0.2) is 9.82 Å².